The molecule has 1 unspecified atom stereocenters. The lowest BCUT2D eigenvalue weighted by Crippen LogP contribution is -2.01. The molecule has 0 bridgehead atoms. The van der Waals surface area contributed by atoms with E-state index in [-0.39, 0.29) is 5.25 Å². The zero-order valence-corrected chi connectivity index (χ0v) is 21.3. The van der Waals surface area contributed by atoms with Crippen LogP contribution in [-0.2, 0) is 11.8 Å². The molecule has 0 saturated heterocycles. The van der Waals surface area contributed by atoms with Crippen molar-refractivity contribution in [3.63, 3.8) is 0 Å². The van der Waals surface area contributed by atoms with Crippen molar-refractivity contribution < 1.29 is 9.05 Å². The highest BCUT2D eigenvalue weighted by molar-refractivity contribution is 8.68. The largest absolute Gasteiger partial charge is 0.428 e. The maximum atomic E-state index is 6.46. The standard InChI is InChI=1S/C26H31O2PS2/c1-19(2)23-13-9-15-25(17-23)27-29(30,31-21(5)22-11-7-6-8-12-22)28-26-16-10-14-24(18-26)20(3)4/h6-21H,1-5H3. The maximum Gasteiger partial charge on any atom is 0.349 e. The number of hydrogen-bond acceptors (Lipinski definition) is 4. The summed E-state index contributed by atoms with van der Waals surface area (Å²) < 4.78 is 12.9. The van der Waals surface area contributed by atoms with Gasteiger partial charge in [-0.15, -0.1) is 0 Å². The van der Waals surface area contributed by atoms with Crippen LogP contribution in [0, 0.1) is 0 Å². The third-order valence-electron chi connectivity index (χ3n) is 5.04. The fourth-order valence-electron chi connectivity index (χ4n) is 3.16. The lowest BCUT2D eigenvalue weighted by Gasteiger charge is -2.26. The quantitative estimate of drug-likeness (QED) is 0.290. The van der Waals surface area contributed by atoms with E-state index in [1.807, 2.05) is 30.3 Å². The van der Waals surface area contributed by atoms with Crippen LogP contribution in [0.15, 0.2) is 78.9 Å². The van der Waals surface area contributed by atoms with E-state index >= 15 is 0 Å². The van der Waals surface area contributed by atoms with E-state index in [4.69, 9.17) is 20.9 Å². The third kappa shape index (κ3) is 6.87. The molecule has 0 fully saturated rings. The van der Waals surface area contributed by atoms with Crippen molar-refractivity contribution in [3.8, 4) is 11.5 Å². The van der Waals surface area contributed by atoms with E-state index in [0.717, 1.165) is 11.5 Å². The number of benzene rings is 3. The Balaban J connectivity index is 1.91. The Kier molecular flexibility index (Phi) is 8.27. The molecule has 3 rings (SSSR count). The van der Waals surface area contributed by atoms with Crippen molar-refractivity contribution in [1.29, 1.82) is 0 Å². The van der Waals surface area contributed by atoms with Crippen molar-refractivity contribution in [2.24, 2.45) is 0 Å². The molecule has 0 aliphatic carbocycles. The molecule has 0 radical (unpaired) electrons. The SMILES string of the molecule is CC(C)c1cccc(OP(=S)(Oc2cccc(C(C)C)c2)SC(C)c2ccccc2)c1. The minimum atomic E-state index is -2.73. The first kappa shape index (κ1) is 23.9. The molecule has 0 aliphatic heterocycles. The van der Waals surface area contributed by atoms with Gasteiger partial charge in [0, 0.05) is 5.25 Å². The molecule has 1 atom stereocenters. The van der Waals surface area contributed by atoms with Gasteiger partial charge in [-0.1, -0.05) is 82.3 Å². The summed E-state index contributed by atoms with van der Waals surface area (Å²) in [6.07, 6.45) is 0. The van der Waals surface area contributed by atoms with Gasteiger partial charge in [0.15, 0.2) is 0 Å². The van der Waals surface area contributed by atoms with E-state index < -0.39 is 5.69 Å². The smallest absolute Gasteiger partial charge is 0.349 e. The molecule has 3 aromatic rings. The Bertz CT molecular complexity index is 977. The van der Waals surface area contributed by atoms with Crippen LogP contribution in [-0.4, -0.2) is 0 Å². The Morgan fingerprint density at radius 3 is 1.55 bits per heavy atom. The Hall–Kier alpha value is -1.74. The summed E-state index contributed by atoms with van der Waals surface area (Å²) in [5, 5.41) is 0.147. The zero-order valence-electron chi connectivity index (χ0n) is 18.8. The number of hydrogen-bond donors (Lipinski definition) is 0. The van der Waals surface area contributed by atoms with Crippen molar-refractivity contribution in [3.05, 3.63) is 95.6 Å². The van der Waals surface area contributed by atoms with E-state index in [1.54, 1.807) is 11.4 Å². The predicted molar refractivity (Wildman–Crippen MR) is 139 cm³/mol. The summed E-state index contributed by atoms with van der Waals surface area (Å²) in [6, 6.07) is 26.7. The summed E-state index contributed by atoms with van der Waals surface area (Å²) in [5.41, 5.74) is 0.922. The average molecular weight is 471 g/mol. The molecule has 0 N–H and O–H groups in total. The molecule has 0 aliphatic rings. The van der Waals surface area contributed by atoms with Crippen molar-refractivity contribution >= 4 is 28.9 Å². The molecular formula is C26H31O2PS2. The summed E-state index contributed by atoms with van der Waals surface area (Å²) in [4.78, 5) is 0. The van der Waals surface area contributed by atoms with Gasteiger partial charge in [-0.25, -0.2) is 0 Å². The normalized spacial score (nSPS) is 12.7. The highest BCUT2D eigenvalue weighted by Gasteiger charge is 2.28. The lowest BCUT2D eigenvalue weighted by atomic mass is 10.0. The summed E-state index contributed by atoms with van der Waals surface area (Å²) >= 11 is 7.69. The predicted octanol–water partition coefficient (Wildman–Crippen LogP) is 9.11. The van der Waals surface area contributed by atoms with E-state index in [1.165, 1.54) is 16.7 Å². The van der Waals surface area contributed by atoms with Crippen LogP contribution in [0.5, 0.6) is 11.5 Å². The molecule has 0 saturated carbocycles. The molecule has 2 nitrogen and oxygen atoms in total. The molecule has 0 spiro atoms. The van der Waals surface area contributed by atoms with Gasteiger partial charge in [-0.3, -0.25) is 0 Å². The van der Waals surface area contributed by atoms with Gasteiger partial charge in [-0.2, -0.15) is 0 Å². The van der Waals surface area contributed by atoms with Crippen LogP contribution < -0.4 is 9.05 Å². The lowest BCUT2D eigenvalue weighted by molar-refractivity contribution is 0.505. The molecule has 0 heterocycles. The molecular weight excluding hydrogens is 439 g/mol. The van der Waals surface area contributed by atoms with Crippen molar-refractivity contribution in [2.45, 2.75) is 51.7 Å². The molecule has 0 amide bonds. The molecule has 164 valence electrons. The van der Waals surface area contributed by atoms with Gasteiger partial charge < -0.3 is 9.05 Å². The average Bonchev–Trinajstić information content (AvgIpc) is 2.74. The van der Waals surface area contributed by atoms with Crippen LogP contribution >= 0.6 is 17.1 Å². The van der Waals surface area contributed by atoms with Crippen molar-refractivity contribution in [2.75, 3.05) is 0 Å². The first-order chi connectivity index (χ1) is 14.8. The molecule has 3 aromatic carbocycles. The van der Waals surface area contributed by atoms with E-state index in [0.29, 0.717) is 11.8 Å². The van der Waals surface area contributed by atoms with Gasteiger partial charge >= 0.3 is 5.69 Å². The molecule has 0 aromatic heterocycles. The van der Waals surface area contributed by atoms with Crippen molar-refractivity contribution in [1.82, 2.24) is 0 Å². The fraction of sp³-hybridized carbons (Fsp3) is 0.308. The second-order valence-corrected chi connectivity index (χ2v) is 14.6. The zero-order chi connectivity index (χ0) is 22.4. The van der Waals surface area contributed by atoms with Gasteiger partial charge in [0.1, 0.15) is 11.5 Å². The highest BCUT2D eigenvalue weighted by Crippen LogP contribution is 2.64. The third-order valence-corrected chi connectivity index (χ3v) is 10.1. The second kappa shape index (κ2) is 10.7. The second-order valence-electron chi connectivity index (χ2n) is 8.24. The van der Waals surface area contributed by atoms with Gasteiger partial charge in [0.05, 0.1) is 0 Å². The fourth-order valence-corrected chi connectivity index (χ4v) is 8.67. The Morgan fingerprint density at radius 1 is 0.645 bits per heavy atom. The van der Waals surface area contributed by atoms with Gasteiger partial charge in [0.2, 0.25) is 0 Å². The van der Waals surface area contributed by atoms with Crippen LogP contribution in [0.25, 0.3) is 0 Å². The van der Waals surface area contributed by atoms with Crippen LogP contribution in [0.2, 0.25) is 0 Å². The topological polar surface area (TPSA) is 18.5 Å². The van der Waals surface area contributed by atoms with Crippen LogP contribution in [0.4, 0.5) is 0 Å². The Morgan fingerprint density at radius 2 is 1.10 bits per heavy atom. The Labute approximate surface area is 196 Å². The maximum absolute atomic E-state index is 6.46. The monoisotopic (exact) mass is 470 g/mol. The first-order valence-corrected chi connectivity index (χ1v) is 14.8. The molecule has 5 heteroatoms. The number of rotatable bonds is 9. The first-order valence-electron chi connectivity index (χ1n) is 10.7. The van der Waals surface area contributed by atoms with Crippen LogP contribution in [0.3, 0.4) is 0 Å². The minimum Gasteiger partial charge on any atom is -0.428 e. The summed E-state index contributed by atoms with van der Waals surface area (Å²) in [7, 11) is 0. The van der Waals surface area contributed by atoms with E-state index in [9.17, 15) is 0 Å². The highest BCUT2D eigenvalue weighted by atomic mass is 32.9. The summed E-state index contributed by atoms with van der Waals surface area (Å²) in [6.45, 7) is 10.9. The minimum absolute atomic E-state index is 0.147. The van der Waals surface area contributed by atoms with Gasteiger partial charge in [0.25, 0.3) is 0 Å². The van der Waals surface area contributed by atoms with E-state index in [2.05, 4.69) is 83.1 Å². The van der Waals surface area contributed by atoms with Gasteiger partial charge in [-0.05, 0) is 82.9 Å². The van der Waals surface area contributed by atoms with Crippen LogP contribution in [0.1, 0.15) is 68.4 Å². The molecule has 31 heavy (non-hydrogen) atoms. The summed E-state index contributed by atoms with van der Waals surface area (Å²) in [5.74, 6) is 2.37.